The van der Waals surface area contributed by atoms with E-state index in [2.05, 4.69) is 155 Å². The highest BCUT2D eigenvalue weighted by atomic mass is 32.1. The molecule has 12 rings (SSSR count). The summed E-state index contributed by atoms with van der Waals surface area (Å²) in [6.07, 6.45) is 3.67. The maximum atomic E-state index is 6.68. The summed E-state index contributed by atoms with van der Waals surface area (Å²) in [6, 6.07) is 58.3. The smallest absolute Gasteiger partial charge is 0.159 e. The van der Waals surface area contributed by atoms with E-state index in [1.165, 1.54) is 58.8 Å². The zero-order chi connectivity index (χ0) is 37.5. The zero-order valence-electron chi connectivity index (χ0n) is 30.8. The van der Waals surface area contributed by atoms with E-state index in [-0.39, 0.29) is 6.17 Å². The predicted octanol–water partition coefficient (Wildman–Crippen LogP) is 11.1. The first-order valence-electron chi connectivity index (χ1n) is 19.5. The van der Waals surface area contributed by atoms with Gasteiger partial charge in [0.15, 0.2) is 5.84 Å². The molecule has 1 atom stereocenters. The van der Waals surface area contributed by atoms with Gasteiger partial charge in [-0.15, -0.1) is 11.3 Å². The van der Waals surface area contributed by atoms with Crippen LogP contribution in [-0.4, -0.2) is 22.4 Å². The topological polar surface area (TPSA) is 54.8 Å². The molecule has 4 heterocycles. The lowest BCUT2D eigenvalue weighted by Crippen LogP contribution is -2.43. The van der Waals surface area contributed by atoms with Crippen LogP contribution in [0.1, 0.15) is 24.0 Å². The number of hydrogen-bond acceptors (Lipinski definition) is 5. The molecule has 1 aliphatic carbocycles. The lowest BCUT2D eigenvalue weighted by molar-refractivity contribution is 0.569. The summed E-state index contributed by atoms with van der Waals surface area (Å²) in [5, 5.41) is 11.1. The minimum Gasteiger partial charge on any atom is -0.456 e. The summed E-state index contributed by atoms with van der Waals surface area (Å²) in [5.41, 5.74) is 11.0. The van der Waals surface area contributed by atoms with E-state index < -0.39 is 0 Å². The molecule has 0 saturated carbocycles. The van der Waals surface area contributed by atoms with Crippen molar-refractivity contribution < 1.29 is 4.42 Å². The van der Waals surface area contributed by atoms with Crippen molar-refractivity contribution in [2.75, 3.05) is 0 Å². The van der Waals surface area contributed by atoms with Gasteiger partial charge in [-0.1, -0.05) is 127 Å². The van der Waals surface area contributed by atoms with Crippen molar-refractivity contribution >= 4 is 87.6 Å². The van der Waals surface area contributed by atoms with Crippen LogP contribution in [0, 0.1) is 0 Å². The minimum absolute atomic E-state index is 0.309. The largest absolute Gasteiger partial charge is 0.456 e. The molecule has 3 aromatic heterocycles. The number of fused-ring (bicyclic) bond motifs is 9. The van der Waals surface area contributed by atoms with Gasteiger partial charge in [0.05, 0.1) is 21.4 Å². The van der Waals surface area contributed by atoms with Crippen LogP contribution < -0.4 is 16.0 Å². The van der Waals surface area contributed by atoms with Crippen LogP contribution in [0.4, 0.5) is 0 Å². The van der Waals surface area contributed by atoms with Crippen molar-refractivity contribution in [3.63, 3.8) is 0 Å². The first-order chi connectivity index (χ1) is 28.3. The van der Waals surface area contributed by atoms with E-state index in [0.29, 0.717) is 0 Å². The third kappa shape index (κ3) is 5.07. The van der Waals surface area contributed by atoms with Crippen molar-refractivity contribution in [2.24, 2.45) is 9.98 Å². The third-order valence-corrected chi connectivity index (χ3v) is 12.8. The van der Waals surface area contributed by atoms with Gasteiger partial charge in [-0.05, 0) is 72.0 Å². The van der Waals surface area contributed by atoms with Crippen molar-refractivity contribution in [3.8, 4) is 16.8 Å². The Labute approximate surface area is 331 Å². The Morgan fingerprint density at radius 1 is 0.632 bits per heavy atom. The fourth-order valence-electron chi connectivity index (χ4n) is 9.02. The molecular formula is C51H34N4OS. The fourth-order valence-corrected chi connectivity index (χ4v) is 10.2. The Bertz CT molecular complexity index is 3390. The van der Waals surface area contributed by atoms with Gasteiger partial charge in [0, 0.05) is 48.0 Å². The number of nitrogens with one attached hydrogen (secondary N) is 1. The van der Waals surface area contributed by atoms with Crippen LogP contribution in [0.25, 0.3) is 81.4 Å². The van der Waals surface area contributed by atoms with E-state index in [0.717, 1.165) is 62.8 Å². The van der Waals surface area contributed by atoms with Gasteiger partial charge in [0.2, 0.25) is 0 Å². The second-order valence-corrected chi connectivity index (χ2v) is 15.9. The number of aromatic nitrogens is 1. The molecule has 1 N–H and O–H groups in total. The van der Waals surface area contributed by atoms with Crippen LogP contribution in [0.3, 0.4) is 0 Å². The van der Waals surface area contributed by atoms with Crippen LogP contribution >= 0.6 is 11.3 Å². The van der Waals surface area contributed by atoms with Crippen LogP contribution in [0.5, 0.6) is 0 Å². The first kappa shape index (κ1) is 32.2. The normalized spacial score (nSPS) is 15.5. The summed E-state index contributed by atoms with van der Waals surface area (Å²) in [5.74, 6) is 1.55. The van der Waals surface area contributed by atoms with Crippen molar-refractivity contribution in [1.82, 2.24) is 9.88 Å². The number of furan rings is 1. The second-order valence-electron chi connectivity index (χ2n) is 14.8. The molecule has 5 nitrogen and oxygen atoms in total. The van der Waals surface area contributed by atoms with Gasteiger partial charge in [0.1, 0.15) is 23.0 Å². The fraction of sp³-hybridized carbons (Fsp3) is 0.0588. The Morgan fingerprint density at radius 2 is 1.33 bits per heavy atom. The van der Waals surface area contributed by atoms with E-state index in [4.69, 9.17) is 14.4 Å². The number of thiophene rings is 1. The van der Waals surface area contributed by atoms with Gasteiger partial charge >= 0.3 is 0 Å². The van der Waals surface area contributed by atoms with E-state index >= 15 is 0 Å². The molecule has 0 saturated heterocycles. The number of amidine groups is 2. The number of hydrogen-bond donors (Lipinski definition) is 1. The molecule has 6 heteroatoms. The third-order valence-electron chi connectivity index (χ3n) is 11.6. The number of aliphatic imine (C=N–C) groups is 2. The van der Waals surface area contributed by atoms with Gasteiger partial charge in [0.25, 0.3) is 0 Å². The summed E-state index contributed by atoms with van der Waals surface area (Å²) in [7, 11) is 0. The number of nitrogens with zero attached hydrogens (tertiary/aromatic N) is 3. The predicted molar refractivity (Wildman–Crippen MR) is 238 cm³/mol. The second kappa shape index (κ2) is 12.8. The lowest BCUT2D eigenvalue weighted by atomic mass is 9.93. The average Bonchev–Trinajstić information content (AvgIpc) is 3.96. The van der Waals surface area contributed by atoms with E-state index in [1.807, 2.05) is 35.6 Å². The quantitative estimate of drug-likeness (QED) is 0.190. The van der Waals surface area contributed by atoms with E-state index in [1.54, 1.807) is 0 Å². The zero-order valence-corrected chi connectivity index (χ0v) is 31.6. The molecule has 1 unspecified atom stereocenters. The molecule has 57 heavy (non-hydrogen) atoms. The van der Waals surface area contributed by atoms with Crippen LogP contribution in [0.15, 0.2) is 178 Å². The molecule has 1 aliphatic heterocycles. The van der Waals surface area contributed by atoms with Gasteiger partial charge in [-0.25, -0.2) is 9.98 Å². The standard InChI is InChI=1S/C51H34N4OS/c1-3-14-31(15-4-1)49-52-50(32-16-5-2-6-17-32)54-51(53-49)38-22-13-27-44-47(38)46-34(20-12-26-43(46)56-44)33-28-29-45-39(30-33)37-21-11-25-42(48(37)57-45)55-40-23-9-7-18-35(40)36-19-8-10-24-41(36)55/h1-12,14-21,23-30,51H,13,22H2,(H,52,53,54). The summed E-state index contributed by atoms with van der Waals surface area (Å²) >= 11 is 1.87. The van der Waals surface area contributed by atoms with Gasteiger partial charge < -0.3 is 14.3 Å². The van der Waals surface area contributed by atoms with E-state index in [9.17, 15) is 0 Å². The molecule has 270 valence electrons. The molecule has 0 amide bonds. The highest BCUT2D eigenvalue weighted by Gasteiger charge is 2.27. The Kier molecular flexibility index (Phi) is 7.22. The van der Waals surface area contributed by atoms with Gasteiger partial charge in [-0.2, -0.15) is 0 Å². The summed E-state index contributed by atoms with van der Waals surface area (Å²) in [4.78, 5) is 10.3. The number of benzene rings is 7. The Hall–Kier alpha value is -7.02. The lowest BCUT2D eigenvalue weighted by Gasteiger charge is -2.26. The first-order valence-corrected chi connectivity index (χ1v) is 20.3. The van der Waals surface area contributed by atoms with Crippen molar-refractivity contribution in [1.29, 1.82) is 0 Å². The number of rotatable bonds is 5. The molecule has 2 aliphatic rings. The Balaban J connectivity index is 1.05. The molecule has 0 fully saturated rings. The SMILES string of the molecule is C1=c2oc3cccc(-c4ccc5sc6c(-n7c8ccccc8c8ccccc87)cccc6c5c4)c3c2=C(C2N=C(c3ccccc3)N=C(c3ccccc3)N2)CC1. The average molecular weight is 751 g/mol. The van der Waals surface area contributed by atoms with Gasteiger partial charge in [-0.3, -0.25) is 0 Å². The molecular weight excluding hydrogens is 717 g/mol. The Morgan fingerprint density at radius 3 is 2.12 bits per heavy atom. The van der Waals surface area contributed by atoms with Crippen molar-refractivity contribution in [3.05, 3.63) is 186 Å². The highest BCUT2D eigenvalue weighted by Crippen LogP contribution is 2.42. The van der Waals surface area contributed by atoms with Crippen LogP contribution in [0.2, 0.25) is 0 Å². The molecule has 0 spiro atoms. The minimum atomic E-state index is -0.309. The molecule has 0 bridgehead atoms. The van der Waals surface area contributed by atoms with Crippen LogP contribution in [-0.2, 0) is 0 Å². The number of para-hydroxylation sites is 2. The maximum Gasteiger partial charge on any atom is 0.159 e. The summed E-state index contributed by atoms with van der Waals surface area (Å²) in [6.45, 7) is 0. The molecule has 0 radical (unpaired) electrons. The van der Waals surface area contributed by atoms with Crippen molar-refractivity contribution in [2.45, 2.75) is 19.0 Å². The highest BCUT2D eigenvalue weighted by molar-refractivity contribution is 7.26. The molecule has 10 aromatic rings. The maximum absolute atomic E-state index is 6.68. The summed E-state index contributed by atoms with van der Waals surface area (Å²) < 4.78 is 11.7. The monoisotopic (exact) mass is 750 g/mol. The molecule has 7 aromatic carbocycles.